The predicted octanol–water partition coefficient (Wildman–Crippen LogP) is 3.52. The van der Waals surface area contributed by atoms with Crippen molar-refractivity contribution in [2.24, 2.45) is 0 Å². The lowest BCUT2D eigenvalue weighted by Gasteiger charge is -2.22. The molecular formula is C17H15ClN2O3S. The van der Waals surface area contributed by atoms with Crippen LogP contribution in [0.3, 0.4) is 0 Å². The maximum atomic E-state index is 12.1. The Labute approximate surface area is 148 Å². The molecule has 3 amide bonds. The molecule has 1 atom stereocenters. The Bertz CT molecular complexity index is 759. The summed E-state index contributed by atoms with van der Waals surface area (Å²) in [5, 5.41) is 4.53. The van der Waals surface area contributed by atoms with Crippen LogP contribution < -0.4 is 5.32 Å². The molecule has 1 aromatic heterocycles. The van der Waals surface area contributed by atoms with E-state index in [4.69, 9.17) is 11.6 Å². The van der Waals surface area contributed by atoms with Gasteiger partial charge in [-0.2, -0.15) is 0 Å². The van der Waals surface area contributed by atoms with E-state index < -0.39 is 18.0 Å². The number of carbonyl (C=O) groups is 3. The average molecular weight is 363 g/mol. The molecule has 0 saturated carbocycles. The zero-order chi connectivity index (χ0) is 17.5. The van der Waals surface area contributed by atoms with Gasteiger partial charge in [-0.3, -0.25) is 10.1 Å². The van der Waals surface area contributed by atoms with Crippen molar-refractivity contribution in [1.29, 1.82) is 0 Å². The van der Waals surface area contributed by atoms with Crippen LogP contribution in [0.25, 0.3) is 6.08 Å². The Kier molecular flexibility index (Phi) is 6.28. The normalized spacial score (nSPS) is 11.9. The minimum absolute atomic E-state index is 0.503. The molecule has 0 aliphatic carbocycles. The Balaban J connectivity index is 1.99. The predicted molar refractivity (Wildman–Crippen MR) is 94.9 cm³/mol. The van der Waals surface area contributed by atoms with Gasteiger partial charge in [0.2, 0.25) is 0 Å². The van der Waals surface area contributed by atoms with Gasteiger partial charge in [0.15, 0.2) is 0 Å². The molecule has 124 valence electrons. The third-order valence-corrected chi connectivity index (χ3v) is 4.54. The van der Waals surface area contributed by atoms with Crippen LogP contribution in [0.1, 0.15) is 16.5 Å². The molecule has 5 nitrogen and oxygen atoms in total. The second-order valence-electron chi connectivity index (χ2n) is 4.86. The van der Waals surface area contributed by atoms with Crippen molar-refractivity contribution in [1.82, 2.24) is 10.2 Å². The largest absolute Gasteiger partial charge is 0.324 e. The Morgan fingerprint density at radius 1 is 1.25 bits per heavy atom. The number of urea groups is 1. The van der Waals surface area contributed by atoms with Crippen LogP contribution in [0.5, 0.6) is 0 Å². The van der Waals surface area contributed by atoms with E-state index in [2.05, 4.69) is 5.32 Å². The Hall–Kier alpha value is -2.44. The Morgan fingerprint density at radius 3 is 2.62 bits per heavy atom. The number of imide groups is 1. The van der Waals surface area contributed by atoms with Gasteiger partial charge in [-0.1, -0.05) is 35.9 Å². The molecule has 1 N–H and O–H groups in total. The highest BCUT2D eigenvalue weighted by Crippen LogP contribution is 2.22. The van der Waals surface area contributed by atoms with Crippen LogP contribution in [0.15, 0.2) is 47.9 Å². The minimum Gasteiger partial charge on any atom is -0.313 e. The standard InChI is InChI=1S/C17H15ClN2O3S/c1-20(14(11-21)15-7-4-10-24-15)17(23)19-16(22)9-8-12-5-2-3-6-13(12)18/h2-11,14H,1H3,(H,19,22,23). The molecule has 0 bridgehead atoms. The summed E-state index contributed by atoms with van der Waals surface area (Å²) < 4.78 is 0. The number of halogens is 1. The van der Waals surface area contributed by atoms with Crippen LogP contribution in [-0.4, -0.2) is 30.2 Å². The summed E-state index contributed by atoms with van der Waals surface area (Å²) in [6.45, 7) is 0. The quantitative estimate of drug-likeness (QED) is 0.653. The average Bonchev–Trinajstić information content (AvgIpc) is 3.09. The number of thiophene rings is 1. The number of nitrogens with zero attached hydrogens (tertiary/aromatic N) is 1. The lowest BCUT2D eigenvalue weighted by molar-refractivity contribution is -0.116. The highest BCUT2D eigenvalue weighted by atomic mass is 35.5. The third-order valence-electron chi connectivity index (χ3n) is 3.25. The maximum Gasteiger partial charge on any atom is 0.324 e. The van der Waals surface area contributed by atoms with Gasteiger partial charge in [-0.15, -0.1) is 11.3 Å². The molecule has 0 radical (unpaired) electrons. The fourth-order valence-electron chi connectivity index (χ4n) is 1.95. The number of likely N-dealkylation sites (N-methyl/N-ethyl adjacent to an activating group) is 1. The number of amides is 3. The first-order chi connectivity index (χ1) is 11.5. The molecule has 0 spiro atoms. The van der Waals surface area contributed by atoms with Gasteiger partial charge in [0.05, 0.1) is 0 Å². The fourth-order valence-corrected chi connectivity index (χ4v) is 2.97. The summed E-state index contributed by atoms with van der Waals surface area (Å²) >= 11 is 7.35. The molecule has 2 rings (SSSR count). The number of hydrogen-bond donors (Lipinski definition) is 1. The van der Waals surface area contributed by atoms with Crippen molar-refractivity contribution in [3.63, 3.8) is 0 Å². The van der Waals surface area contributed by atoms with Crippen molar-refractivity contribution < 1.29 is 14.4 Å². The van der Waals surface area contributed by atoms with Crippen LogP contribution >= 0.6 is 22.9 Å². The van der Waals surface area contributed by atoms with Gasteiger partial charge in [-0.05, 0) is 29.2 Å². The summed E-state index contributed by atoms with van der Waals surface area (Å²) in [5.41, 5.74) is 0.666. The molecule has 0 aliphatic rings. The van der Waals surface area contributed by atoms with Gasteiger partial charge in [0.25, 0.3) is 5.91 Å². The van der Waals surface area contributed by atoms with Gasteiger partial charge in [0.1, 0.15) is 12.3 Å². The van der Waals surface area contributed by atoms with Gasteiger partial charge < -0.3 is 9.69 Å². The first-order valence-electron chi connectivity index (χ1n) is 7.02. The Morgan fingerprint density at radius 2 is 2.00 bits per heavy atom. The lowest BCUT2D eigenvalue weighted by Crippen LogP contribution is -2.42. The summed E-state index contributed by atoms with van der Waals surface area (Å²) in [6, 6.07) is 9.18. The minimum atomic E-state index is -0.731. The van der Waals surface area contributed by atoms with Crippen LogP contribution in [0, 0.1) is 0 Å². The molecule has 2 aromatic rings. The molecule has 0 saturated heterocycles. The molecule has 24 heavy (non-hydrogen) atoms. The molecule has 0 aliphatic heterocycles. The zero-order valence-corrected chi connectivity index (χ0v) is 14.4. The van der Waals surface area contributed by atoms with Crippen molar-refractivity contribution in [2.45, 2.75) is 6.04 Å². The van der Waals surface area contributed by atoms with E-state index in [1.807, 2.05) is 5.38 Å². The number of benzene rings is 1. The first-order valence-corrected chi connectivity index (χ1v) is 8.27. The molecule has 0 fully saturated rings. The van der Waals surface area contributed by atoms with Crippen molar-refractivity contribution >= 4 is 47.2 Å². The van der Waals surface area contributed by atoms with Gasteiger partial charge in [0, 0.05) is 23.0 Å². The molecule has 1 unspecified atom stereocenters. The van der Waals surface area contributed by atoms with E-state index in [-0.39, 0.29) is 0 Å². The smallest absolute Gasteiger partial charge is 0.313 e. The maximum absolute atomic E-state index is 12.1. The zero-order valence-electron chi connectivity index (χ0n) is 12.8. The van der Waals surface area contributed by atoms with Crippen LogP contribution in [0.4, 0.5) is 4.79 Å². The summed E-state index contributed by atoms with van der Waals surface area (Å²) in [4.78, 5) is 37.1. The second-order valence-corrected chi connectivity index (χ2v) is 6.24. The number of hydrogen-bond acceptors (Lipinski definition) is 4. The fraction of sp³-hybridized carbons (Fsp3) is 0.118. The number of carbonyl (C=O) groups excluding carboxylic acids is 3. The second kappa shape index (κ2) is 8.42. The van der Waals surface area contributed by atoms with E-state index in [1.54, 1.807) is 36.4 Å². The molecule has 1 aromatic carbocycles. The summed E-state index contributed by atoms with van der Waals surface area (Å²) in [5.74, 6) is -0.595. The monoisotopic (exact) mass is 362 g/mol. The van der Waals surface area contributed by atoms with E-state index in [9.17, 15) is 14.4 Å². The van der Waals surface area contributed by atoms with E-state index in [1.165, 1.54) is 35.4 Å². The van der Waals surface area contributed by atoms with E-state index in [0.29, 0.717) is 16.9 Å². The lowest BCUT2D eigenvalue weighted by atomic mass is 10.2. The van der Waals surface area contributed by atoms with E-state index >= 15 is 0 Å². The molecular weight excluding hydrogens is 348 g/mol. The first kappa shape index (κ1) is 17.9. The summed E-state index contributed by atoms with van der Waals surface area (Å²) in [6.07, 6.45) is 3.39. The molecule has 1 heterocycles. The van der Waals surface area contributed by atoms with Crippen molar-refractivity contribution in [2.75, 3.05) is 7.05 Å². The van der Waals surface area contributed by atoms with Crippen molar-refractivity contribution in [3.8, 4) is 0 Å². The third kappa shape index (κ3) is 4.53. The highest BCUT2D eigenvalue weighted by Gasteiger charge is 2.22. The topological polar surface area (TPSA) is 66.5 Å². The van der Waals surface area contributed by atoms with E-state index in [0.717, 1.165) is 4.88 Å². The number of aldehydes is 1. The van der Waals surface area contributed by atoms with Gasteiger partial charge >= 0.3 is 6.03 Å². The number of nitrogens with one attached hydrogen (secondary N) is 1. The SMILES string of the molecule is CN(C(=O)NC(=O)C=Cc1ccccc1Cl)C(C=O)c1cccs1. The summed E-state index contributed by atoms with van der Waals surface area (Å²) in [7, 11) is 1.46. The van der Waals surface area contributed by atoms with Crippen molar-refractivity contribution in [3.05, 3.63) is 63.3 Å². The molecule has 7 heteroatoms. The number of rotatable bonds is 5. The highest BCUT2D eigenvalue weighted by molar-refractivity contribution is 7.10. The van der Waals surface area contributed by atoms with Crippen LogP contribution in [-0.2, 0) is 9.59 Å². The van der Waals surface area contributed by atoms with Gasteiger partial charge in [-0.25, -0.2) is 4.79 Å². The van der Waals surface area contributed by atoms with Crippen LogP contribution in [0.2, 0.25) is 5.02 Å².